The van der Waals surface area contributed by atoms with Crippen LogP contribution in [0.4, 0.5) is 5.69 Å². The number of nitrogens with one attached hydrogen (secondary N) is 1. The molecule has 3 rings (SSSR count). The summed E-state index contributed by atoms with van der Waals surface area (Å²) in [4.78, 5) is 13.0. The molecule has 0 atom stereocenters. The molecule has 0 fully saturated rings. The third-order valence-electron chi connectivity index (χ3n) is 4.98. The summed E-state index contributed by atoms with van der Waals surface area (Å²) in [6.07, 6.45) is 0. The number of rotatable bonds is 10. The maximum absolute atomic E-state index is 13.4. The average molecular weight is 505 g/mol. The second-order valence-corrected chi connectivity index (χ2v) is 9.37. The first-order valence-electron chi connectivity index (χ1n) is 10.2. The quantitative estimate of drug-likeness (QED) is 0.450. The lowest BCUT2D eigenvalue weighted by atomic mass is 10.1. The Morgan fingerprint density at radius 2 is 1.62 bits per heavy atom. The van der Waals surface area contributed by atoms with Gasteiger partial charge in [0.25, 0.3) is 10.0 Å². The second-order valence-electron chi connectivity index (χ2n) is 7.07. The molecule has 0 spiro atoms. The van der Waals surface area contributed by atoms with Crippen LogP contribution in [-0.4, -0.2) is 42.2 Å². The Hall–Kier alpha value is -3.43. The molecular weight excluding hydrogens is 480 g/mol. The highest BCUT2D eigenvalue weighted by molar-refractivity contribution is 7.92. The molecule has 0 aliphatic heterocycles. The normalized spacial score (nSPS) is 10.9. The lowest BCUT2D eigenvalue weighted by molar-refractivity contribution is -0.119. The van der Waals surface area contributed by atoms with E-state index < -0.39 is 22.5 Å². The predicted octanol–water partition coefficient (Wildman–Crippen LogP) is 3.88. The molecule has 3 aromatic carbocycles. The van der Waals surface area contributed by atoms with Crippen molar-refractivity contribution in [2.75, 3.05) is 32.2 Å². The van der Waals surface area contributed by atoms with E-state index in [-0.39, 0.29) is 17.1 Å². The fourth-order valence-corrected chi connectivity index (χ4v) is 4.97. The molecule has 0 radical (unpaired) electrons. The van der Waals surface area contributed by atoms with Gasteiger partial charge in [-0.1, -0.05) is 35.9 Å². The van der Waals surface area contributed by atoms with Crippen molar-refractivity contribution in [2.45, 2.75) is 11.4 Å². The van der Waals surface area contributed by atoms with Crippen molar-refractivity contribution in [2.24, 2.45) is 0 Å². The Morgan fingerprint density at radius 1 is 0.912 bits per heavy atom. The first kappa shape index (κ1) is 25.2. The summed E-state index contributed by atoms with van der Waals surface area (Å²) in [5.41, 5.74) is 0.906. The molecule has 3 aromatic rings. The number of carbonyl (C=O) groups excluding carboxylic acids is 1. The minimum absolute atomic E-state index is 0.0596. The lowest BCUT2D eigenvalue weighted by Gasteiger charge is -2.24. The number of ether oxygens (including phenoxy) is 3. The molecule has 1 amide bonds. The number of hydrogen-bond donors (Lipinski definition) is 1. The van der Waals surface area contributed by atoms with E-state index in [0.717, 1.165) is 4.31 Å². The van der Waals surface area contributed by atoms with Crippen LogP contribution in [0, 0.1) is 0 Å². The zero-order valence-corrected chi connectivity index (χ0v) is 20.5. The van der Waals surface area contributed by atoms with E-state index in [2.05, 4.69) is 5.32 Å². The zero-order valence-electron chi connectivity index (χ0n) is 18.9. The van der Waals surface area contributed by atoms with Gasteiger partial charge in [0.15, 0.2) is 11.5 Å². The largest absolute Gasteiger partial charge is 0.493 e. The van der Waals surface area contributed by atoms with Crippen LogP contribution in [0.5, 0.6) is 17.2 Å². The molecule has 10 heteroatoms. The van der Waals surface area contributed by atoms with E-state index in [1.165, 1.54) is 39.5 Å². The van der Waals surface area contributed by atoms with E-state index in [9.17, 15) is 13.2 Å². The zero-order chi connectivity index (χ0) is 24.7. The molecule has 0 aliphatic carbocycles. The van der Waals surface area contributed by atoms with E-state index in [1.54, 1.807) is 48.5 Å². The molecule has 180 valence electrons. The van der Waals surface area contributed by atoms with Gasteiger partial charge in [0.05, 0.1) is 31.9 Å². The fourth-order valence-electron chi connectivity index (χ4n) is 3.35. The van der Waals surface area contributed by atoms with Crippen LogP contribution >= 0.6 is 11.6 Å². The van der Waals surface area contributed by atoms with Crippen LogP contribution in [0.3, 0.4) is 0 Å². The molecule has 0 aliphatic rings. The third kappa shape index (κ3) is 5.55. The summed E-state index contributed by atoms with van der Waals surface area (Å²) >= 11 is 6.09. The number of anilines is 1. The second kappa shape index (κ2) is 11.1. The minimum Gasteiger partial charge on any atom is -0.493 e. The number of carbonyl (C=O) groups is 1. The number of amides is 1. The molecule has 0 aromatic heterocycles. The van der Waals surface area contributed by atoms with Crippen LogP contribution in [-0.2, 0) is 21.4 Å². The van der Waals surface area contributed by atoms with Gasteiger partial charge in [-0.2, -0.15) is 0 Å². The van der Waals surface area contributed by atoms with Crippen LogP contribution in [0.1, 0.15) is 5.56 Å². The molecular formula is C24H25ClN2O6S. The molecule has 1 N–H and O–H groups in total. The van der Waals surface area contributed by atoms with Crippen LogP contribution in [0.2, 0.25) is 5.02 Å². The maximum atomic E-state index is 13.4. The molecule has 0 saturated carbocycles. The van der Waals surface area contributed by atoms with Gasteiger partial charge < -0.3 is 19.5 Å². The molecule has 0 unspecified atom stereocenters. The Morgan fingerprint density at radius 3 is 2.24 bits per heavy atom. The number of sulfonamides is 1. The number of hydrogen-bond acceptors (Lipinski definition) is 6. The number of nitrogens with zero attached hydrogens (tertiary/aromatic N) is 1. The Labute approximate surface area is 204 Å². The van der Waals surface area contributed by atoms with Crippen LogP contribution in [0.15, 0.2) is 71.6 Å². The highest BCUT2D eigenvalue weighted by Gasteiger charge is 2.27. The number of benzene rings is 3. The lowest BCUT2D eigenvalue weighted by Crippen LogP contribution is -2.40. The fraction of sp³-hybridized carbons (Fsp3) is 0.208. The molecule has 8 nitrogen and oxygen atoms in total. The SMILES string of the molecule is COc1ccc(CNC(=O)CN(c2cccc(Cl)c2)S(=O)(=O)c2ccccc2)c(OC)c1OC. The van der Waals surface area contributed by atoms with Crippen molar-refractivity contribution in [3.8, 4) is 17.2 Å². The standard InChI is InChI=1S/C24H25ClN2O6S/c1-31-21-13-12-17(23(32-2)24(21)33-3)15-26-22(28)16-27(19-9-7-8-18(25)14-19)34(29,30)20-10-5-4-6-11-20/h4-14H,15-16H2,1-3H3,(H,26,28). The van der Waals surface area contributed by atoms with Gasteiger partial charge >= 0.3 is 0 Å². The summed E-state index contributed by atoms with van der Waals surface area (Å²) in [6, 6.07) is 17.6. The van der Waals surface area contributed by atoms with Crippen molar-refractivity contribution >= 4 is 33.2 Å². The average Bonchev–Trinajstić information content (AvgIpc) is 2.85. The van der Waals surface area contributed by atoms with Gasteiger partial charge in [-0.05, 0) is 42.5 Å². The molecule has 34 heavy (non-hydrogen) atoms. The Bertz CT molecular complexity index is 1250. The molecule has 0 bridgehead atoms. The first-order valence-corrected chi connectivity index (χ1v) is 12.0. The van der Waals surface area contributed by atoms with Crippen LogP contribution < -0.4 is 23.8 Å². The topological polar surface area (TPSA) is 94.2 Å². The van der Waals surface area contributed by atoms with E-state index in [1.807, 2.05) is 0 Å². The maximum Gasteiger partial charge on any atom is 0.264 e. The predicted molar refractivity (Wildman–Crippen MR) is 130 cm³/mol. The van der Waals surface area contributed by atoms with E-state index in [4.69, 9.17) is 25.8 Å². The molecule has 0 heterocycles. The summed E-state index contributed by atoms with van der Waals surface area (Å²) < 4.78 is 43.8. The van der Waals surface area contributed by atoms with E-state index >= 15 is 0 Å². The minimum atomic E-state index is -4.03. The van der Waals surface area contributed by atoms with Crippen molar-refractivity contribution in [3.05, 3.63) is 77.3 Å². The van der Waals surface area contributed by atoms with Crippen LogP contribution in [0.25, 0.3) is 0 Å². The number of methoxy groups -OCH3 is 3. The van der Waals surface area contributed by atoms with Gasteiger partial charge in [-0.25, -0.2) is 8.42 Å². The van der Waals surface area contributed by atoms with Gasteiger partial charge in [0.2, 0.25) is 11.7 Å². The number of halogens is 1. The van der Waals surface area contributed by atoms with Crippen molar-refractivity contribution < 1.29 is 27.4 Å². The summed E-state index contributed by atoms with van der Waals surface area (Å²) in [5, 5.41) is 3.09. The monoisotopic (exact) mass is 504 g/mol. The van der Waals surface area contributed by atoms with E-state index in [0.29, 0.717) is 27.8 Å². The van der Waals surface area contributed by atoms with Gasteiger partial charge in [-0.15, -0.1) is 0 Å². The summed E-state index contributed by atoms with van der Waals surface area (Å²) in [6.45, 7) is -0.371. The summed E-state index contributed by atoms with van der Waals surface area (Å²) in [7, 11) is 0.450. The molecule has 0 saturated heterocycles. The first-order chi connectivity index (χ1) is 16.3. The van der Waals surface area contributed by atoms with Crippen molar-refractivity contribution in [1.82, 2.24) is 5.32 Å². The van der Waals surface area contributed by atoms with Crippen molar-refractivity contribution in [1.29, 1.82) is 0 Å². The third-order valence-corrected chi connectivity index (χ3v) is 7.00. The van der Waals surface area contributed by atoms with Gasteiger partial charge in [-0.3, -0.25) is 9.10 Å². The summed E-state index contributed by atoms with van der Waals surface area (Å²) in [5.74, 6) is 0.765. The van der Waals surface area contributed by atoms with Crippen molar-refractivity contribution in [3.63, 3.8) is 0 Å². The highest BCUT2D eigenvalue weighted by Crippen LogP contribution is 2.39. The van der Waals surface area contributed by atoms with Gasteiger partial charge in [0, 0.05) is 17.1 Å². The van der Waals surface area contributed by atoms with Gasteiger partial charge in [0.1, 0.15) is 6.54 Å². The highest BCUT2D eigenvalue weighted by atomic mass is 35.5. The Balaban J connectivity index is 1.86. The Kier molecular flexibility index (Phi) is 8.25. The smallest absolute Gasteiger partial charge is 0.264 e.